The summed E-state index contributed by atoms with van der Waals surface area (Å²) in [6.07, 6.45) is 3.33. The van der Waals surface area contributed by atoms with E-state index >= 15 is 0 Å². The first-order valence-corrected chi connectivity index (χ1v) is 6.84. The number of anilines is 3. The maximum absolute atomic E-state index is 5.30. The molecule has 0 unspecified atom stereocenters. The van der Waals surface area contributed by atoms with Crippen LogP contribution in [0.4, 0.5) is 17.5 Å². The van der Waals surface area contributed by atoms with Crippen molar-refractivity contribution >= 4 is 17.5 Å². The molecule has 0 atom stereocenters. The Morgan fingerprint density at radius 3 is 2.86 bits per heavy atom. The predicted octanol–water partition coefficient (Wildman–Crippen LogP) is 3.43. The number of nitrogens with one attached hydrogen (secondary N) is 2. The van der Waals surface area contributed by atoms with Crippen molar-refractivity contribution in [3.8, 4) is 5.75 Å². The van der Waals surface area contributed by atoms with Crippen molar-refractivity contribution in [2.75, 3.05) is 17.7 Å². The number of rotatable bonds is 6. The number of furan rings is 1. The van der Waals surface area contributed by atoms with Crippen molar-refractivity contribution in [3.63, 3.8) is 0 Å². The van der Waals surface area contributed by atoms with Crippen LogP contribution in [0.2, 0.25) is 0 Å². The number of benzene rings is 1. The van der Waals surface area contributed by atoms with E-state index < -0.39 is 0 Å². The molecule has 2 heterocycles. The Morgan fingerprint density at radius 2 is 2.05 bits per heavy atom. The molecule has 0 spiro atoms. The highest BCUT2D eigenvalue weighted by Gasteiger charge is 2.05. The highest BCUT2D eigenvalue weighted by atomic mass is 16.5. The lowest BCUT2D eigenvalue weighted by molar-refractivity contribution is 0.417. The topological polar surface area (TPSA) is 72.2 Å². The highest BCUT2D eigenvalue weighted by Crippen LogP contribution is 2.25. The molecule has 6 nitrogen and oxygen atoms in total. The number of hydrogen-bond acceptors (Lipinski definition) is 6. The van der Waals surface area contributed by atoms with Crippen molar-refractivity contribution in [2.24, 2.45) is 0 Å². The molecule has 2 aromatic heterocycles. The monoisotopic (exact) mass is 296 g/mol. The first-order chi connectivity index (χ1) is 10.8. The largest absolute Gasteiger partial charge is 0.495 e. The third-order valence-electron chi connectivity index (χ3n) is 3.03. The van der Waals surface area contributed by atoms with Crippen LogP contribution in [0.1, 0.15) is 5.76 Å². The molecule has 2 N–H and O–H groups in total. The number of aromatic nitrogens is 2. The second-order valence-corrected chi connectivity index (χ2v) is 4.52. The van der Waals surface area contributed by atoms with Gasteiger partial charge in [0.15, 0.2) is 0 Å². The van der Waals surface area contributed by atoms with Crippen LogP contribution in [0.25, 0.3) is 0 Å². The van der Waals surface area contributed by atoms with Gasteiger partial charge in [0.1, 0.15) is 17.3 Å². The van der Waals surface area contributed by atoms with Gasteiger partial charge in [0, 0.05) is 6.20 Å². The molecule has 0 aliphatic rings. The fourth-order valence-corrected chi connectivity index (χ4v) is 1.98. The zero-order valence-corrected chi connectivity index (χ0v) is 12.1. The van der Waals surface area contributed by atoms with E-state index in [-0.39, 0.29) is 0 Å². The summed E-state index contributed by atoms with van der Waals surface area (Å²) in [5, 5.41) is 6.33. The van der Waals surface area contributed by atoms with Gasteiger partial charge < -0.3 is 19.8 Å². The Morgan fingerprint density at radius 1 is 1.14 bits per heavy atom. The maximum atomic E-state index is 5.30. The first-order valence-electron chi connectivity index (χ1n) is 6.84. The Kier molecular flexibility index (Phi) is 4.20. The predicted molar refractivity (Wildman–Crippen MR) is 84.3 cm³/mol. The molecule has 0 aliphatic heterocycles. The molecule has 0 fully saturated rings. The molecule has 0 bridgehead atoms. The lowest BCUT2D eigenvalue weighted by Gasteiger charge is -2.10. The Labute approximate surface area is 128 Å². The van der Waals surface area contributed by atoms with E-state index in [1.165, 1.54) is 0 Å². The van der Waals surface area contributed by atoms with Crippen molar-refractivity contribution in [1.29, 1.82) is 0 Å². The summed E-state index contributed by atoms with van der Waals surface area (Å²) >= 11 is 0. The highest BCUT2D eigenvalue weighted by molar-refractivity contribution is 5.62. The molecule has 0 radical (unpaired) electrons. The van der Waals surface area contributed by atoms with Gasteiger partial charge in [-0.25, -0.2) is 4.98 Å². The fourth-order valence-electron chi connectivity index (χ4n) is 1.98. The molecule has 3 aromatic rings. The molecule has 112 valence electrons. The molecule has 6 heteroatoms. The fraction of sp³-hybridized carbons (Fsp3) is 0.125. The minimum Gasteiger partial charge on any atom is -0.495 e. The van der Waals surface area contributed by atoms with Crippen LogP contribution in [0.15, 0.2) is 59.3 Å². The van der Waals surface area contributed by atoms with Crippen LogP contribution >= 0.6 is 0 Å². The summed E-state index contributed by atoms with van der Waals surface area (Å²) in [6, 6.07) is 13.2. The minimum absolute atomic E-state index is 0.494. The summed E-state index contributed by atoms with van der Waals surface area (Å²) in [7, 11) is 1.63. The molecule has 1 aromatic carbocycles. The Balaban J connectivity index is 1.70. The van der Waals surface area contributed by atoms with Crippen LogP contribution in [0.3, 0.4) is 0 Å². The van der Waals surface area contributed by atoms with Crippen molar-refractivity contribution < 1.29 is 9.15 Å². The lowest BCUT2D eigenvalue weighted by atomic mass is 10.3. The van der Waals surface area contributed by atoms with E-state index in [9.17, 15) is 0 Å². The normalized spacial score (nSPS) is 10.2. The molecule has 0 amide bonds. The van der Waals surface area contributed by atoms with Crippen LogP contribution in [0.5, 0.6) is 5.75 Å². The maximum Gasteiger partial charge on any atom is 0.229 e. The number of para-hydroxylation sites is 2. The molecule has 0 saturated carbocycles. The second kappa shape index (κ2) is 6.62. The van der Waals surface area contributed by atoms with Crippen LogP contribution in [-0.2, 0) is 6.54 Å². The number of hydrogen-bond donors (Lipinski definition) is 2. The molecule has 3 rings (SSSR count). The van der Waals surface area contributed by atoms with E-state index in [2.05, 4.69) is 20.6 Å². The van der Waals surface area contributed by atoms with Gasteiger partial charge in [-0.3, -0.25) is 0 Å². The lowest BCUT2D eigenvalue weighted by Crippen LogP contribution is -2.04. The smallest absolute Gasteiger partial charge is 0.229 e. The first kappa shape index (κ1) is 13.9. The Hall–Kier alpha value is -3.02. The van der Waals surface area contributed by atoms with E-state index in [0.29, 0.717) is 18.3 Å². The average Bonchev–Trinajstić information content (AvgIpc) is 3.07. The number of ether oxygens (including phenoxy) is 1. The van der Waals surface area contributed by atoms with Crippen LogP contribution in [-0.4, -0.2) is 17.1 Å². The summed E-state index contributed by atoms with van der Waals surface area (Å²) in [6.45, 7) is 0.568. The Bertz CT molecular complexity index is 729. The third-order valence-corrected chi connectivity index (χ3v) is 3.03. The van der Waals surface area contributed by atoms with Gasteiger partial charge in [0.05, 0.1) is 25.6 Å². The number of nitrogens with zero attached hydrogens (tertiary/aromatic N) is 2. The standard InChI is InChI=1S/C16H16N4O2/c1-21-14-7-3-2-6-13(14)19-16-17-9-8-15(20-16)18-11-12-5-4-10-22-12/h2-10H,11H2,1H3,(H2,17,18,19,20). The van der Waals surface area contributed by atoms with Gasteiger partial charge in [-0.15, -0.1) is 0 Å². The zero-order chi connectivity index (χ0) is 15.2. The molecule has 22 heavy (non-hydrogen) atoms. The van der Waals surface area contributed by atoms with Gasteiger partial charge in [-0.2, -0.15) is 4.98 Å². The third kappa shape index (κ3) is 3.35. The SMILES string of the molecule is COc1ccccc1Nc1nccc(NCc2ccco2)n1. The minimum atomic E-state index is 0.494. The van der Waals surface area contributed by atoms with E-state index in [0.717, 1.165) is 17.2 Å². The average molecular weight is 296 g/mol. The van der Waals surface area contributed by atoms with Gasteiger partial charge in [-0.1, -0.05) is 12.1 Å². The van der Waals surface area contributed by atoms with E-state index in [1.54, 1.807) is 25.6 Å². The van der Waals surface area contributed by atoms with Gasteiger partial charge in [0.25, 0.3) is 0 Å². The number of methoxy groups -OCH3 is 1. The van der Waals surface area contributed by atoms with E-state index in [1.807, 2.05) is 36.4 Å². The molecular weight excluding hydrogens is 280 g/mol. The molecular formula is C16H16N4O2. The van der Waals surface area contributed by atoms with Gasteiger partial charge in [-0.05, 0) is 30.3 Å². The van der Waals surface area contributed by atoms with Crippen molar-refractivity contribution in [2.45, 2.75) is 6.54 Å². The van der Waals surface area contributed by atoms with E-state index in [4.69, 9.17) is 9.15 Å². The van der Waals surface area contributed by atoms with Crippen molar-refractivity contribution in [3.05, 3.63) is 60.7 Å². The van der Waals surface area contributed by atoms with Gasteiger partial charge in [0.2, 0.25) is 5.95 Å². The molecule has 0 saturated heterocycles. The quantitative estimate of drug-likeness (QED) is 0.726. The van der Waals surface area contributed by atoms with Crippen molar-refractivity contribution in [1.82, 2.24) is 9.97 Å². The summed E-state index contributed by atoms with van der Waals surface area (Å²) < 4.78 is 10.6. The molecule has 0 aliphatic carbocycles. The summed E-state index contributed by atoms with van der Waals surface area (Å²) in [5.74, 6) is 2.79. The summed E-state index contributed by atoms with van der Waals surface area (Å²) in [5.41, 5.74) is 0.813. The summed E-state index contributed by atoms with van der Waals surface area (Å²) in [4.78, 5) is 8.63. The van der Waals surface area contributed by atoms with Gasteiger partial charge >= 0.3 is 0 Å². The second-order valence-electron chi connectivity index (χ2n) is 4.52. The van der Waals surface area contributed by atoms with Crippen LogP contribution < -0.4 is 15.4 Å². The van der Waals surface area contributed by atoms with Crippen LogP contribution in [0, 0.1) is 0 Å². The zero-order valence-electron chi connectivity index (χ0n) is 12.1.